The highest BCUT2D eigenvalue weighted by atomic mass is 16.3. The molecule has 1 N–H and O–H groups in total. The van der Waals surface area contributed by atoms with Crippen molar-refractivity contribution in [3.05, 3.63) is 29.6 Å². The van der Waals surface area contributed by atoms with Crippen LogP contribution in [-0.4, -0.2) is 33.5 Å². The van der Waals surface area contributed by atoms with Gasteiger partial charge >= 0.3 is 0 Å². The Balaban J connectivity index is 2.21. The minimum atomic E-state index is -1.17. The van der Waals surface area contributed by atoms with E-state index in [1.165, 1.54) is 0 Å². The summed E-state index contributed by atoms with van der Waals surface area (Å²) in [5.41, 5.74) is 0.712. The quantitative estimate of drug-likeness (QED) is 0.831. The molecule has 100 valence electrons. The first kappa shape index (κ1) is 13.6. The van der Waals surface area contributed by atoms with E-state index < -0.39 is 5.60 Å². The van der Waals surface area contributed by atoms with Gasteiger partial charge in [0.05, 0.1) is 6.04 Å². The molecule has 0 spiro atoms. The van der Waals surface area contributed by atoms with Gasteiger partial charge in [0.1, 0.15) is 5.60 Å². The molecule has 19 heavy (non-hydrogen) atoms. The topological polar surface area (TPSA) is 53.4 Å². The van der Waals surface area contributed by atoms with Gasteiger partial charge < -0.3 is 10.0 Å². The summed E-state index contributed by atoms with van der Waals surface area (Å²) < 4.78 is 0. The van der Waals surface area contributed by atoms with Crippen LogP contribution < -0.4 is 0 Å². The highest BCUT2D eigenvalue weighted by molar-refractivity contribution is 5.78. The summed E-state index contributed by atoms with van der Waals surface area (Å²) in [5, 5.41) is 9.90. The summed E-state index contributed by atoms with van der Waals surface area (Å²) in [7, 11) is 1.81. The number of likely N-dealkylation sites (tertiary alicyclic amines) is 1. The number of rotatable bonds is 3. The molecule has 1 fully saturated rings. The Morgan fingerprint density at radius 3 is 2.95 bits per heavy atom. The summed E-state index contributed by atoms with van der Waals surface area (Å²) in [4.78, 5) is 17.5. The number of aliphatic hydroxyl groups is 1. The molecule has 0 aromatic carbocycles. The monoisotopic (exact) mass is 258 g/mol. The van der Waals surface area contributed by atoms with Crippen LogP contribution in [0.1, 0.15) is 36.9 Å². The summed E-state index contributed by atoms with van der Waals surface area (Å²) >= 11 is 0. The van der Waals surface area contributed by atoms with Crippen molar-refractivity contribution in [2.75, 3.05) is 7.05 Å². The van der Waals surface area contributed by atoms with Gasteiger partial charge in [-0.25, -0.2) is 0 Å². The third-order valence-electron chi connectivity index (χ3n) is 3.55. The second-order valence-electron chi connectivity index (χ2n) is 5.28. The third-order valence-corrected chi connectivity index (χ3v) is 3.55. The second-order valence-corrected chi connectivity index (χ2v) is 5.28. The Hall–Kier alpha value is -1.86. The van der Waals surface area contributed by atoms with Crippen LogP contribution in [0.25, 0.3) is 0 Å². The Morgan fingerprint density at radius 2 is 2.37 bits per heavy atom. The van der Waals surface area contributed by atoms with E-state index in [0.717, 1.165) is 17.5 Å². The van der Waals surface area contributed by atoms with Crippen molar-refractivity contribution >= 4 is 5.91 Å². The van der Waals surface area contributed by atoms with Crippen LogP contribution in [0.2, 0.25) is 0 Å². The molecule has 2 atom stereocenters. The van der Waals surface area contributed by atoms with Gasteiger partial charge in [-0.15, -0.1) is 6.42 Å². The molecule has 1 saturated heterocycles. The number of terminal acetylenes is 1. The molecule has 1 aromatic rings. The average Bonchev–Trinajstić information content (AvgIpc) is 2.70. The van der Waals surface area contributed by atoms with Gasteiger partial charge in [-0.1, -0.05) is 12.0 Å². The number of aromatic nitrogens is 1. The SMILES string of the molecule is C#CC(C)(O)Cc1cncc(C2CCC(=O)N2C)c1. The molecule has 2 unspecified atom stereocenters. The Morgan fingerprint density at radius 1 is 1.63 bits per heavy atom. The van der Waals surface area contributed by atoms with E-state index in [0.29, 0.717) is 12.8 Å². The number of amides is 1. The standard InChI is InChI=1S/C15H18N2O2/c1-4-15(2,19)8-11-7-12(10-16-9-11)13-5-6-14(18)17(13)3/h1,7,9-10,13,19H,5-6,8H2,2-3H3. The zero-order valence-electron chi connectivity index (χ0n) is 11.3. The normalized spacial score (nSPS) is 22.1. The van der Waals surface area contributed by atoms with Crippen molar-refractivity contribution in [2.45, 2.75) is 37.8 Å². The molecule has 0 radical (unpaired) electrons. The van der Waals surface area contributed by atoms with Crippen molar-refractivity contribution in [1.29, 1.82) is 0 Å². The fourth-order valence-electron chi connectivity index (χ4n) is 2.43. The molecule has 1 aliphatic rings. The maximum absolute atomic E-state index is 11.6. The summed E-state index contributed by atoms with van der Waals surface area (Å²) in [6, 6.07) is 2.05. The fourth-order valence-corrected chi connectivity index (χ4v) is 2.43. The lowest BCUT2D eigenvalue weighted by molar-refractivity contribution is -0.127. The van der Waals surface area contributed by atoms with Crippen molar-refractivity contribution in [2.24, 2.45) is 0 Å². The Labute approximate surface area is 113 Å². The largest absolute Gasteiger partial charge is 0.378 e. The molecule has 1 amide bonds. The van der Waals surface area contributed by atoms with Crippen LogP contribution >= 0.6 is 0 Å². The lowest BCUT2D eigenvalue weighted by atomic mass is 9.96. The molecule has 2 rings (SSSR count). The van der Waals surface area contributed by atoms with Crippen LogP contribution in [0.15, 0.2) is 18.5 Å². The number of carbonyl (C=O) groups is 1. The lowest BCUT2D eigenvalue weighted by Crippen LogP contribution is -2.25. The Kier molecular flexibility index (Phi) is 3.59. The summed E-state index contributed by atoms with van der Waals surface area (Å²) in [5.74, 6) is 2.52. The number of pyridine rings is 1. The van der Waals surface area contributed by atoms with Crippen LogP contribution in [0.5, 0.6) is 0 Å². The van der Waals surface area contributed by atoms with E-state index in [2.05, 4.69) is 10.9 Å². The molecule has 1 aliphatic heterocycles. The molecule has 2 heterocycles. The lowest BCUT2D eigenvalue weighted by Gasteiger charge is -2.21. The van der Waals surface area contributed by atoms with Crippen molar-refractivity contribution < 1.29 is 9.90 Å². The molecule has 0 aliphatic carbocycles. The fraction of sp³-hybridized carbons (Fsp3) is 0.467. The number of hydrogen-bond acceptors (Lipinski definition) is 3. The molecular formula is C15H18N2O2. The minimum Gasteiger partial charge on any atom is -0.378 e. The van der Waals surface area contributed by atoms with Crippen LogP contribution in [0.4, 0.5) is 0 Å². The Bertz CT molecular complexity index is 531. The van der Waals surface area contributed by atoms with E-state index in [1.54, 1.807) is 24.2 Å². The molecular weight excluding hydrogens is 240 g/mol. The van der Waals surface area contributed by atoms with E-state index in [-0.39, 0.29) is 11.9 Å². The van der Waals surface area contributed by atoms with Gasteiger partial charge in [-0.3, -0.25) is 9.78 Å². The van der Waals surface area contributed by atoms with Crippen molar-refractivity contribution in [3.63, 3.8) is 0 Å². The van der Waals surface area contributed by atoms with Gasteiger partial charge in [0, 0.05) is 32.3 Å². The molecule has 0 saturated carbocycles. The van der Waals surface area contributed by atoms with Crippen LogP contribution in [-0.2, 0) is 11.2 Å². The van der Waals surface area contributed by atoms with Gasteiger partial charge in [0.25, 0.3) is 0 Å². The van der Waals surface area contributed by atoms with E-state index in [1.807, 2.05) is 13.1 Å². The molecule has 4 nitrogen and oxygen atoms in total. The smallest absolute Gasteiger partial charge is 0.222 e. The van der Waals surface area contributed by atoms with Crippen molar-refractivity contribution in [1.82, 2.24) is 9.88 Å². The van der Waals surface area contributed by atoms with Gasteiger partial charge in [0.15, 0.2) is 0 Å². The van der Waals surface area contributed by atoms with Crippen molar-refractivity contribution in [3.8, 4) is 12.3 Å². The van der Waals surface area contributed by atoms with Gasteiger partial charge in [-0.05, 0) is 24.5 Å². The van der Waals surface area contributed by atoms with E-state index in [4.69, 9.17) is 6.42 Å². The number of hydrogen-bond donors (Lipinski definition) is 1. The second kappa shape index (κ2) is 5.02. The number of carbonyl (C=O) groups excluding carboxylic acids is 1. The minimum absolute atomic E-state index is 0.0794. The zero-order chi connectivity index (χ0) is 14.0. The third kappa shape index (κ3) is 2.94. The van der Waals surface area contributed by atoms with Crippen LogP contribution in [0.3, 0.4) is 0 Å². The predicted molar refractivity (Wildman–Crippen MR) is 72.1 cm³/mol. The van der Waals surface area contributed by atoms with Crippen LogP contribution in [0, 0.1) is 12.3 Å². The van der Waals surface area contributed by atoms with E-state index >= 15 is 0 Å². The molecule has 0 bridgehead atoms. The first-order chi connectivity index (χ1) is 8.93. The van der Waals surface area contributed by atoms with E-state index in [9.17, 15) is 9.90 Å². The summed E-state index contributed by atoms with van der Waals surface area (Å²) in [6.45, 7) is 1.60. The predicted octanol–water partition coefficient (Wildman–Crippen LogP) is 1.30. The highest BCUT2D eigenvalue weighted by Crippen LogP contribution is 2.31. The first-order valence-electron chi connectivity index (χ1n) is 6.32. The summed E-state index contributed by atoms with van der Waals surface area (Å²) in [6.07, 6.45) is 10.5. The zero-order valence-corrected chi connectivity index (χ0v) is 11.3. The number of nitrogens with zero attached hydrogens (tertiary/aromatic N) is 2. The van der Waals surface area contributed by atoms with Gasteiger partial charge in [-0.2, -0.15) is 0 Å². The first-order valence-corrected chi connectivity index (χ1v) is 6.32. The maximum Gasteiger partial charge on any atom is 0.222 e. The highest BCUT2D eigenvalue weighted by Gasteiger charge is 2.29. The average molecular weight is 258 g/mol. The molecule has 1 aromatic heterocycles. The van der Waals surface area contributed by atoms with Gasteiger partial charge in [0.2, 0.25) is 5.91 Å². The maximum atomic E-state index is 11.6. The molecule has 4 heteroatoms.